The van der Waals surface area contributed by atoms with Gasteiger partial charge < -0.3 is 15.5 Å². The van der Waals surface area contributed by atoms with Crippen LogP contribution in [0.3, 0.4) is 0 Å². The van der Waals surface area contributed by atoms with Crippen LogP contribution in [0.1, 0.15) is 48.2 Å². The summed E-state index contributed by atoms with van der Waals surface area (Å²) in [5, 5.41) is 8.01. The van der Waals surface area contributed by atoms with Gasteiger partial charge in [0, 0.05) is 25.0 Å². The highest BCUT2D eigenvalue weighted by molar-refractivity contribution is 7.11. The van der Waals surface area contributed by atoms with Gasteiger partial charge in [-0.2, -0.15) is 0 Å². The smallest absolute Gasteiger partial charge is 0.243 e. The molecule has 2 N–H and O–H groups in total. The van der Waals surface area contributed by atoms with Crippen molar-refractivity contribution in [1.29, 1.82) is 0 Å². The zero-order valence-corrected chi connectivity index (χ0v) is 16.9. The highest BCUT2D eigenvalue weighted by atomic mass is 32.1. The summed E-state index contributed by atoms with van der Waals surface area (Å²) in [6.45, 7) is 7.18. The molecule has 0 aliphatic heterocycles. The van der Waals surface area contributed by atoms with Crippen LogP contribution in [0, 0.1) is 19.8 Å². The van der Waals surface area contributed by atoms with Gasteiger partial charge in [0.15, 0.2) is 5.96 Å². The summed E-state index contributed by atoms with van der Waals surface area (Å²) in [6, 6.07) is 0.416. The van der Waals surface area contributed by atoms with Crippen molar-refractivity contribution < 1.29 is 4.79 Å². The molecule has 7 heteroatoms. The molecule has 0 aromatic carbocycles. The Bertz CT molecular complexity index is 611. The maximum atomic E-state index is 11.9. The minimum absolute atomic E-state index is 0.00241. The van der Waals surface area contributed by atoms with E-state index in [0.29, 0.717) is 18.5 Å². The number of nitrogens with one attached hydrogen (secondary N) is 2. The molecule has 1 saturated carbocycles. The number of amides is 1. The van der Waals surface area contributed by atoms with E-state index in [-0.39, 0.29) is 12.5 Å². The summed E-state index contributed by atoms with van der Waals surface area (Å²) in [4.78, 5) is 23.7. The molecule has 0 radical (unpaired) electrons. The molecule has 1 aliphatic carbocycles. The Morgan fingerprint density at radius 2 is 2.04 bits per heavy atom. The number of rotatable bonds is 5. The molecule has 0 bridgehead atoms. The highest BCUT2D eigenvalue weighted by Gasteiger charge is 2.22. The molecule has 2 atom stereocenters. The van der Waals surface area contributed by atoms with E-state index in [4.69, 9.17) is 0 Å². The second-order valence-electron chi connectivity index (χ2n) is 7.06. The maximum Gasteiger partial charge on any atom is 0.243 e. The molecule has 0 spiro atoms. The van der Waals surface area contributed by atoms with E-state index in [1.54, 1.807) is 30.3 Å². The number of carbonyl (C=O) groups excluding carboxylic acids is 1. The van der Waals surface area contributed by atoms with E-state index >= 15 is 0 Å². The van der Waals surface area contributed by atoms with Gasteiger partial charge in [-0.1, -0.05) is 19.8 Å². The van der Waals surface area contributed by atoms with Crippen molar-refractivity contribution in [3.05, 3.63) is 15.6 Å². The van der Waals surface area contributed by atoms with Gasteiger partial charge >= 0.3 is 0 Å². The van der Waals surface area contributed by atoms with Crippen LogP contribution in [0.5, 0.6) is 0 Å². The normalized spacial score (nSPS) is 21.1. The molecule has 0 saturated heterocycles. The molecule has 1 aromatic heterocycles. The molecular weight excluding hydrogens is 334 g/mol. The summed E-state index contributed by atoms with van der Waals surface area (Å²) in [5.41, 5.74) is 1.06. The molecule has 140 valence electrons. The Balaban J connectivity index is 2.03. The fourth-order valence-corrected chi connectivity index (χ4v) is 3.93. The summed E-state index contributed by atoms with van der Waals surface area (Å²) in [7, 11) is 3.51. The zero-order valence-electron chi connectivity index (χ0n) is 16.1. The fourth-order valence-electron chi connectivity index (χ4n) is 3.05. The number of hydrogen-bond acceptors (Lipinski definition) is 4. The van der Waals surface area contributed by atoms with Crippen LogP contribution >= 0.6 is 11.3 Å². The Morgan fingerprint density at radius 1 is 1.32 bits per heavy atom. The van der Waals surface area contributed by atoms with Gasteiger partial charge in [-0.25, -0.2) is 9.98 Å². The molecule has 6 nitrogen and oxygen atoms in total. The lowest BCUT2D eigenvalue weighted by molar-refractivity contribution is -0.127. The predicted molar refractivity (Wildman–Crippen MR) is 104 cm³/mol. The summed E-state index contributed by atoms with van der Waals surface area (Å²) >= 11 is 1.70. The molecule has 1 aromatic rings. The van der Waals surface area contributed by atoms with Crippen molar-refractivity contribution in [1.82, 2.24) is 20.5 Å². The highest BCUT2D eigenvalue weighted by Crippen LogP contribution is 2.23. The van der Waals surface area contributed by atoms with Crippen LogP contribution in [-0.2, 0) is 11.3 Å². The topological polar surface area (TPSA) is 69.6 Å². The van der Waals surface area contributed by atoms with Crippen molar-refractivity contribution >= 4 is 23.2 Å². The van der Waals surface area contributed by atoms with Gasteiger partial charge in [-0.05, 0) is 32.6 Å². The first-order valence-electron chi connectivity index (χ1n) is 9.04. The molecule has 2 rings (SSSR count). The van der Waals surface area contributed by atoms with Crippen molar-refractivity contribution in [3.63, 3.8) is 0 Å². The summed E-state index contributed by atoms with van der Waals surface area (Å²) in [5.74, 6) is 1.35. The van der Waals surface area contributed by atoms with Crippen LogP contribution in [0.4, 0.5) is 0 Å². The van der Waals surface area contributed by atoms with Gasteiger partial charge in [-0.3, -0.25) is 4.79 Å². The Hall–Kier alpha value is -1.63. The molecule has 1 aliphatic rings. The second-order valence-corrected chi connectivity index (χ2v) is 8.35. The standard InChI is InChI=1S/C18H31N5OS/c1-12-8-6-7-9-15(12)22-18(20-11-17(24)23(4)5)19-10-16-13(2)21-14(3)25-16/h12,15H,6-11H2,1-5H3,(H2,19,20,22). The van der Waals surface area contributed by atoms with Gasteiger partial charge in [-0.15, -0.1) is 11.3 Å². The number of aliphatic imine (C=N–C) groups is 1. The molecule has 1 amide bonds. The lowest BCUT2D eigenvalue weighted by Gasteiger charge is -2.31. The van der Waals surface area contributed by atoms with Crippen molar-refractivity contribution in [2.24, 2.45) is 10.9 Å². The van der Waals surface area contributed by atoms with E-state index in [2.05, 4.69) is 27.5 Å². The first-order valence-corrected chi connectivity index (χ1v) is 9.86. The number of nitrogens with zero attached hydrogens (tertiary/aromatic N) is 3. The number of thiazole rings is 1. The lowest BCUT2D eigenvalue weighted by Crippen LogP contribution is -2.47. The van der Waals surface area contributed by atoms with E-state index in [1.165, 1.54) is 24.1 Å². The van der Waals surface area contributed by atoms with Crippen molar-refractivity contribution in [2.45, 2.75) is 59.0 Å². The van der Waals surface area contributed by atoms with Crippen molar-refractivity contribution in [3.8, 4) is 0 Å². The quantitative estimate of drug-likeness (QED) is 0.621. The van der Waals surface area contributed by atoms with Crippen LogP contribution in [0.15, 0.2) is 4.99 Å². The van der Waals surface area contributed by atoms with E-state index in [9.17, 15) is 4.79 Å². The van der Waals surface area contributed by atoms with Gasteiger partial charge in [0.25, 0.3) is 0 Å². The average molecular weight is 366 g/mol. The largest absolute Gasteiger partial charge is 0.353 e. The molecule has 25 heavy (non-hydrogen) atoms. The maximum absolute atomic E-state index is 11.9. The monoisotopic (exact) mass is 365 g/mol. The van der Waals surface area contributed by atoms with E-state index < -0.39 is 0 Å². The van der Waals surface area contributed by atoms with Gasteiger partial charge in [0.2, 0.25) is 5.91 Å². The number of aromatic nitrogens is 1. The Morgan fingerprint density at radius 3 is 2.64 bits per heavy atom. The van der Waals surface area contributed by atoms with Crippen LogP contribution in [0.25, 0.3) is 0 Å². The zero-order chi connectivity index (χ0) is 18.4. The van der Waals surface area contributed by atoms with Gasteiger partial charge in [0.05, 0.1) is 17.2 Å². The molecule has 1 heterocycles. The second kappa shape index (κ2) is 9.17. The van der Waals surface area contributed by atoms with Crippen LogP contribution in [0.2, 0.25) is 0 Å². The fraction of sp³-hybridized carbons (Fsp3) is 0.722. The SMILES string of the molecule is Cc1nc(C)c(CNC(=NCC(=O)N(C)C)NC2CCCCC2C)s1. The lowest BCUT2D eigenvalue weighted by atomic mass is 9.86. The third kappa shape index (κ3) is 5.99. The average Bonchev–Trinajstić information content (AvgIpc) is 2.89. The molecule has 1 fully saturated rings. The minimum atomic E-state index is 0.00241. The number of likely N-dealkylation sites (N-methyl/N-ethyl adjacent to an activating group) is 1. The van der Waals surface area contributed by atoms with E-state index in [0.717, 1.165) is 23.1 Å². The Labute approximate surface area is 155 Å². The van der Waals surface area contributed by atoms with E-state index in [1.807, 2.05) is 13.8 Å². The number of hydrogen-bond donors (Lipinski definition) is 2. The third-order valence-electron chi connectivity index (χ3n) is 4.72. The summed E-state index contributed by atoms with van der Waals surface area (Å²) in [6.07, 6.45) is 4.95. The Kier molecular flexibility index (Phi) is 7.23. The summed E-state index contributed by atoms with van der Waals surface area (Å²) < 4.78 is 0. The predicted octanol–water partition coefficient (Wildman–Crippen LogP) is 2.46. The number of carbonyl (C=O) groups is 1. The molecular formula is C18H31N5OS. The first kappa shape index (κ1) is 19.7. The molecule has 2 unspecified atom stereocenters. The van der Waals surface area contributed by atoms with Crippen molar-refractivity contribution in [2.75, 3.05) is 20.6 Å². The van der Waals surface area contributed by atoms with Crippen LogP contribution in [-0.4, -0.2) is 48.4 Å². The van der Waals surface area contributed by atoms with Crippen LogP contribution < -0.4 is 10.6 Å². The minimum Gasteiger partial charge on any atom is -0.353 e. The van der Waals surface area contributed by atoms with Gasteiger partial charge in [0.1, 0.15) is 6.54 Å². The third-order valence-corrected chi connectivity index (χ3v) is 5.79. The first-order chi connectivity index (χ1) is 11.9. The number of guanidine groups is 1. The number of aryl methyl sites for hydroxylation is 2.